The maximum absolute atomic E-state index is 12.8. The summed E-state index contributed by atoms with van der Waals surface area (Å²) in [6.07, 6.45) is 1.58. The average Bonchev–Trinajstić information content (AvgIpc) is 2.77. The van der Waals surface area contributed by atoms with Gasteiger partial charge in [-0.15, -0.1) is 0 Å². The van der Waals surface area contributed by atoms with Gasteiger partial charge in [0.15, 0.2) is 0 Å². The molecule has 7 nitrogen and oxygen atoms in total. The highest BCUT2D eigenvalue weighted by atomic mass is 35.5. The van der Waals surface area contributed by atoms with Crippen molar-refractivity contribution >= 4 is 23.2 Å². The summed E-state index contributed by atoms with van der Waals surface area (Å²) in [5, 5.41) is 14.4. The topological polar surface area (TPSA) is 78.7 Å². The van der Waals surface area contributed by atoms with Gasteiger partial charge >= 0.3 is 0 Å². The molecule has 0 bridgehead atoms. The third-order valence-corrected chi connectivity index (χ3v) is 5.55. The van der Waals surface area contributed by atoms with Crippen LogP contribution in [0.4, 0.5) is 5.69 Å². The zero-order valence-electron chi connectivity index (χ0n) is 16.5. The van der Waals surface area contributed by atoms with Gasteiger partial charge in [0.05, 0.1) is 23.1 Å². The van der Waals surface area contributed by atoms with Crippen LogP contribution < -0.4 is 10.5 Å². The zero-order chi connectivity index (χ0) is 21.3. The number of phenolic OH excluding ortho intramolecular Hbond substituents is 1. The van der Waals surface area contributed by atoms with Gasteiger partial charge in [-0.2, -0.15) is 9.78 Å². The van der Waals surface area contributed by atoms with E-state index in [1.54, 1.807) is 35.4 Å². The highest BCUT2D eigenvalue weighted by Gasteiger charge is 2.26. The minimum absolute atomic E-state index is 0.0233. The number of aromatic nitrogens is 2. The standard InChI is InChI=1S/C22H21ClN4O3/c1-15-7-8-19(28)17(13-15)21(29)26-11-9-25(10-12-26)18-14-24-27(22(30)20(18)23)16-5-3-2-4-6-16/h2-8,13-14,28H,9-12H2,1H3. The van der Waals surface area contributed by atoms with Crippen LogP contribution in [-0.4, -0.2) is 51.9 Å². The van der Waals surface area contributed by atoms with Crippen molar-refractivity contribution in [2.75, 3.05) is 31.1 Å². The second kappa shape index (κ2) is 8.20. The normalized spacial score (nSPS) is 14.1. The van der Waals surface area contributed by atoms with Gasteiger partial charge in [0.25, 0.3) is 11.5 Å². The molecule has 154 valence electrons. The third kappa shape index (κ3) is 3.76. The summed E-state index contributed by atoms with van der Waals surface area (Å²) in [6.45, 7) is 3.79. The summed E-state index contributed by atoms with van der Waals surface area (Å²) in [4.78, 5) is 29.1. The fraction of sp³-hybridized carbons (Fsp3) is 0.227. The number of benzene rings is 2. The van der Waals surface area contributed by atoms with E-state index in [2.05, 4.69) is 5.10 Å². The Hall–Kier alpha value is -3.32. The van der Waals surface area contributed by atoms with Crippen LogP contribution in [0, 0.1) is 6.92 Å². The van der Waals surface area contributed by atoms with E-state index in [1.165, 1.54) is 10.7 Å². The zero-order valence-corrected chi connectivity index (χ0v) is 17.2. The van der Waals surface area contributed by atoms with Crippen LogP contribution in [0.1, 0.15) is 15.9 Å². The molecule has 0 aliphatic carbocycles. The summed E-state index contributed by atoms with van der Waals surface area (Å²) in [6, 6.07) is 14.1. The predicted octanol–water partition coefficient (Wildman–Crippen LogP) is 2.86. The second-order valence-corrected chi connectivity index (χ2v) is 7.57. The van der Waals surface area contributed by atoms with Gasteiger partial charge in [0, 0.05) is 26.2 Å². The summed E-state index contributed by atoms with van der Waals surface area (Å²) in [5.41, 5.74) is 2.02. The Morgan fingerprint density at radius 2 is 1.77 bits per heavy atom. The van der Waals surface area contributed by atoms with E-state index >= 15 is 0 Å². The molecule has 1 N–H and O–H groups in total. The number of para-hydroxylation sites is 1. The first-order chi connectivity index (χ1) is 14.5. The Labute approximate surface area is 178 Å². The number of piperazine rings is 1. The van der Waals surface area contributed by atoms with E-state index in [0.29, 0.717) is 43.1 Å². The molecule has 1 aliphatic heterocycles. The Bertz CT molecular complexity index is 1140. The molecule has 1 aliphatic rings. The molecular formula is C22H21ClN4O3. The van der Waals surface area contributed by atoms with Crippen LogP contribution >= 0.6 is 11.6 Å². The molecule has 0 radical (unpaired) electrons. The minimum Gasteiger partial charge on any atom is -0.507 e. The van der Waals surface area contributed by atoms with Crippen molar-refractivity contribution in [3.05, 3.63) is 81.2 Å². The van der Waals surface area contributed by atoms with Crippen LogP contribution in [0.5, 0.6) is 5.75 Å². The van der Waals surface area contributed by atoms with E-state index in [4.69, 9.17) is 11.6 Å². The van der Waals surface area contributed by atoms with Crippen LogP contribution in [0.3, 0.4) is 0 Å². The summed E-state index contributed by atoms with van der Waals surface area (Å²) < 4.78 is 1.27. The molecule has 1 fully saturated rings. The first kappa shape index (κ1) is 20.0. The summed E-state index contributed by atoms with van der Waals surface area (Å²) in [7, 11) is 0. The summed E-state index contributed by atoms with van der Waals surface area (Å²) >= 11 is 6.39. The number of halogens is 1. The monoisotopic (exact) mass is 424 g/mol. The van der Waals surface area contributed by atoms with Gasteiger partial charge in [-0.3, -0.25) is 9.59 Å². The lowest BCUT2D eigenvalue weighted by Gasteiger charge is -2.36. The van der Waals surface area contributed by atoms with Crippen molar-refractivity contribution in [2.45, 2.75) is 6.92 Å². The number of aromatic hydroxyl groups is 1. The van der Waals surface area contributed by atoms with Crippen molar-refractivity contribution < 1.29 is 9.90 Å². The first-order valence-corrected chi connectivity index (χ1v) is 10.0. The van der Waals surface area contributed by atoms with Crippen LogP contribution in [0.25, 0.3) is 5.69 Å². The number of nitrogens with zero attached hydrogens (tertiary/aromatic N) is 4. The lowest BCUT2D eigenvalue weighted by molar-refractivity contribution is 0.0743. The molecule has 0 spiro atoms. The molecule has 0 unspecified atom stereocenters. The van der Waals surface area contributed by atoms with Gasteiger partial charge in [-0.25, -0.2) is 0 Å². The minimum atomic E-state index is -0.386. The van der Waals surface area contributed by atoms with Crippen molar-refractivity contribution in [3.63, 3.8) is 0 Å². The predicted molar refractivity (Wildman–Crippen MR) is 116 cm³/mol. The molecule has 3 aromatic rings. The molecule has 30 heavy (non-hydrogen) atoms. The molecule has 0 saturated carbocycles. The maximum Gasteiger partial charge on any atom is 0.292 e. The molecule has 4 rings (SSSR count). The number of anilines is 1. The Kier molecular flexibility index (Phi) is 5.46. The fourth-order valence-corrected chi connectivity index (χ4v) is 3.79. The van der Waals surface area contributed by atoms with Crippen molar-refractivity contribution in [1.82, 2.24) is 14.7 Å². The maximum atomic E-state index is 12.8. The lowest BCUT2D eigenvalue weighted by atomic mass is 10.1. The Morgan fingerprint density at radius 3 is 2.47 bits per heavy atom. The number of rotatable bonds is 3. The largest absolute Gasteiger partial charge is 0.507 e. The van der Waals surface area contributed by atoms with E-state index < -0.39 is 0 Å². The van der Waals surface area contributed by atoms with Crippen LogP contribution in [0.2, 0.25) is 5.02 Å². The molecule has 1 saturated heterocycles. The quantitative estimate of drug-likeness (QED) is 0.699. The van der Waals surface area contributed by atoms with Gasteiger partial charge in [-0.05, 0) is 31.2 Å². The average molecular weight is 425 g/mol. The molecule has 8 heteroatoms. The SMILES string of the molecule is Cc1ccc(O)c(C(=O)N2CCN(c3cnn(-c4ccccc4)c(=O)c3Cl)CC2)c1. The molecular weight excluding hydrogens is 404 g/mol. The van der Waals surface area contributed by atoms with Crippen molar-refractivity contribution in [2.24, 2.45) is 0 Å². The first-order valence-electron chi connectivity index (χ1n) is 9.63. The molecule has 2 heterocycles. The van der Waals surface area contributed by atoms with E-state index in [-0.39, 0.29) is 22.2 Å². The van der Waals surface area contributed by atoms with Gasteiger partial charge in [0.2, 0.25) is 0 Å². The fourth-order valence-electron chi connectivity index (χ4n) is 3.54. The van der Waals surface area contributed by atoms with Gasteiger partial charge in [0.1, 0.15) is 10.8 Å². The highest BCUT2D eigenvalue weighted by Crippen LogP contribution is 2.25. The number of phenols is 1. The van der Waals surface area contributed by atoms with E-state index in [9.17, 15) is 14.7 Å². The number of hydrogen-bond donors (Lipinski definition) is 1. The number of carbonyl (C=O) groups is 1. The second-order valence-electron chi connectivity index (χ2n) is 7.20. The molecule has 1 amide bonds. The van der Waals surface area contributed by atoms with Crippen molar-refractivity contribution in [3.8, 4) is 11.4 Å². The molecule has 1 aromatic heterocycles. The molecule has 2 aromatic carbocycles. The number of hydrogen-bond acceptors (Lipinski definition) is 5. The number of carbonyl (C=O) groups excluding carboxylic acids is 1. The van der Waals surface area contributed by atoms with Crippen molar-refractivity contribution in [1.29, 1.82) is 0 Å². The van der Waals surface area contributed by atoms with E-state index in [0.717, 1.165) is 5.56 Å². The third-order valence-electron chi connectivity index (χ3n) is 5.19. The Balaban J connectivity index is 1.51. The number of aryl methyl sites for hydroxylation is 1. The van der Waals surface area contributed by atoms with Crippen LogP contribution in [-0.2, 0) is 0 Å². The highest BCUT2D eigenvalue weighted by molar-refractivity contribution is 6.33. The lowest BCUT2D eigenvalue weighted by Crippen LogP contribution is -2.49. The van der Waals surface area contributed by atoms with E-state index in [1.807, 2.05) is 30.0 Å². The molecule has 0 atom stereocenters. The number of amides is 1. The summed E-state index contributed by atoms with van der Waals surface area (Å²) in [5.74, 6) is -0.232. The smallest absolute Gasteiger partial charge is 0.292 e. The van der Waals surface area contributed by atoms with Gasteiger partial charge < -0.3 is 14.9 Å². The Morgan fingerprint density at radius 1 is 1.07 bits per heavy atom. The van der Waals surface area contributed by atoms with Gasteiger partial charge in [-0.1, -0.05) is 41.4 Å². The van der Waals surface area contributed by atoms with Crippen LogP contribution in [0.15, 0.2) is 59.5 Å².